The molecule has 3 N–H and O–H groups in total. The summed E-state index contributed by atoms with van der Waals surface area (Å²) in [5, 5.41) is 8.55. The number of halogens is 4. The first kappa shape index (κ1) is 24.5. The zero-order valence-electron chi connectivity index (χ0n) is 15.8. The number of aliphatic imine (C=N–C) groups is 1. The zero-order valence-corrected chi connectivity index (χ0v) is 18.2. The third-order valence-corrected chi connectivity index (χ3v) is 3.74. The Morgan fingerprint density at radius 1 is 1.07 bits per heavy atom. The Morgan fingerprint density at radius 3 is 2.41 bits per heavy atom. The second-order valence-corrected chi connectivity index (χ2v) is 5.71. The van der Waals surface area contributed by atoms with Crippen molar-refractivity contribution in [1.29, 1.82) is 0 Å². The van der Waals surface area contributed by atoms with E-state index in [0.29, 0.717) is 23.6 Å². The molecule has 0 spiro atoms. The van der Waals surface area contributed by atoms with Crippen molar-refractivity contribution in [2.45, 2.75) is 19.5 Å². The van der Waals surface area contributed by atoms with Gasteiger partial charge in [-0.3, -0.25) is 9.79 Å². The van der Waals surface area contributed by atoms with Gasteiger partial charge < -0.3 is 20.7 Å². The molecule has 0 atom stereocenters. The van der Waals surface area contributed by atoms with E-state index in [1.165, 1.54) is 18.2 Å². The van der Waals surface area contributed by atoms with E-state index in [1.54, 1.807) is 38.4 Å². The van der Waals surface area contributed by atoms with E-state index in [4.69, 9.17) is 0 Å². The number of rotatable bonds is 6. The molecule has 0 heterocycles. The molecule has 29 heavy (non-hydrogen) atoms. The smallest absolute Gasteiger partial charge is 0.405 e. The summed E-state index contributed by atoms with van der Waals surface area (Å²) < 4.78 is 41.5. The summed E-state index contributed by atoms with van der Waals surface area (Å²) in [6.07, 6.45) is -4.76. The Bertz CT molecular complexity index is 844. The minimum Gasteiger partial charge on any atom is -0.405 e. The van der Waals surface area contributed by atoms with E-state index in [9.17, 15) is 18.0 Å². The van der Waals surface area contributed by atoms with Crippen LogP contribution in [0, 0.1) is 0 Å². The number of amides is 1. The summed E-state index contributed by atoms with van der Waals surface area (Å²) in [6.45, 7) is 0.468. The Kier molecular flexibility index (Phi) is 9.72. The summed E-state index contributed by atoms with van der Waals surface area (Å²) in [5.41, 5.74) is 1.72. The number of ether oxygens (including phenoxy) is 1. The first-order valence-corrected chi connectivity index (χ1v) is 8.41. The quantitative estimate of drug-likeness (QED) is 0.309. The maximum Gasteiger partial charge on any atom is 0.573 e. The number of hydrogen-bond acceptors (Lipinski definition) is 3. The number of nitrogens with zero attached hydrogens (tertiary/aromatic N) is 1. The van der Waals surface area contributed by atoms with Gasteiger partial charge in [-0.2, -0.15) is 0 Å². The molecule has 6 nitrogen and oxygen atoms in total. The van der Waals surface area contributed by atoms with E-state index in [-0.39, 0.29) is 42.2 Å². The first-order valence-electron chi connectivity index (χ1n) is 8.41. The fourth-order valence-corrected chi connectivity index (χ4v) is 2.43. The van der Waals surface area contributed by atoms with E-state index in [1.807, 2.05) is 6.07 Å². The molecule has 0 unspecified atom stereocenters. The molecule has 0 saturated carbocycles. The predicted molar refractivity (Wildman–Crippen MR) is 115 cm³/mol. The molecule has 0 saturated heterocycles. The average Bonchev–Trinajstić information content (AvgIpc) is 2.67. The highest BCUT2D eigenvalue weighted by Crippen LogP contribution is 2.26. The van der Waals surface area contributed by atoms with Crippen LogP contribution >= 0.6 is 24.0 Å². The fourth-order valence-electron chi connectivity index (χ4n) is 2.43. The zero-order chi connectivity index (χ0) is 20.6. The SMILES string of the molecule is CN=C(NCc1cccc(C(=O)NC)c1)NCc1ccccc1OC(F)(F)F.I. The maximum atomic E-state index is 12.5. The Hall–Kier alpha value is -2.50. The minimum atomic E-state index is -4.76. The second kappa shape index (κ2) is 11.5. The normalized spacial score (nSPS) is 11.3. The van der Waals surface area contributed by atoms with Gasteiger partial charge in [0.1, 0.15) is 5.75 Å². The van der Waals surface area contributed by atoms with Gasteiger partial charge in [0.25, 0.3) is 5.91 Å². The van der Waals surface area contributed by atoms with Crippen LogP contribution in [0.5, 0.6) is 5.75 Å². The van der Waals surface area contributed by atoms with Gasteiger partial charge >= 0.3 is 6.36 Å². The lowest BCUT2D eigenvalue weighted by molar-refractivity contribution is -0.274. The summed E-state index contributed by atoms with van der Waals surface area (Å²) in [6, 6.07) is 12.9. The molecular formula is C19H22F3IN4O2. The lowest BCUT2D eigenvalue weighted by atomic mass is 10.1. The molecule has 158 valence electrons. The van der Waals surface area contributed by atoms with Crippen molar-refractivity contribution in [3.8, 4) is 5.75 Å². The highest BCUT2D eigenvalue weighted by molar-refractivity contribution is 14.0. The maximum absolute atomic E-state index is 12.5. The second-order valence-electron chi connectivity index (χ2n) is 5.71. The van der Waals surface area contributed by atoms with Crippen LogP contribution in [0.1, 0.15) is 21.5 Å². The molecule has 0 aliphatic heterocycles. The highest BCUT2D eigenvalue weighted by Gasteiger charge is 2.31. The largest absolute Gasteiger partial charge is 0.573 e. The number of carbonyl (C=O) groups is 1. The molecule has 2 aromatic rings. The molecule has 0 aliphatic carbocycles. The van der Waals surface area contributed by atoms with Gasteiger partial charge in [-0.15, -0.1) is 37.1 Å². The Balaban J connectivity index is 0.00000420. The molecule has 0 radical (unpaired) electrons. The molecule has 2 aromatic carbocycles. The van der Waals surface area contributed by atoms with Crippen molar-refractivity contribution in [2.75, 3.05) is 14.1 Å². The van der Waals surface area contributed by atoms with E-state index >= 15 is 0 Å². The number of guanidine groups is 1. The summed E-state index contributed by atoms with van der Waals surface area (Å²) in [4.78, 5) is 15.7. The van der Waals surface area contributed by atoms with Crippen molar-refractivity contribution in [2.24, 2.45) is 4.99 Å². The minimum absolute atomic E-state index is 0. The summed E-state index contributed by atoms with van der Waals surface area (Å²) >= 11 is 0. The van der Waals surface area contributed by atoms with Gasteiger partial charge in [0, 0.05) is 38.3 Å². The summed E-state index contributed by atoms with van der Waals surface area (Å²) in [7, 11) is 3.10. The molecule has 0 fully saturated rings. The van der Waals surface area contributed by atoms with Crippen LogP contribution in [0.4, 0.5) is 13.2 Å². The van der Waals surface area contributed by atoms with Crippen LogP contribution in [0.15, 0.2) is 53.5 Å². The third-order valence-electron chi connectivity index (χ3n) is 3.74. The van der Waals surface area contributed by atoms with Crippen LogP contribution in [0.25, 0.3) is 0 Å². The van der Waals surface area contributed by atoms with Crippen LogP contribution in [0.3, 0.4) is 0 Å². The van der Waals surface area contributed by atoms with E-state index in [2.05, 4.69) is 25.7 Å². The summed E-state index contributed by atoms with van der Waals surface area (Å²) in [5.74, 6) is -0.0611. The van der Waals surface area contributed by atoms with Crippen molar-refractivity contribution in [3.05, 3.63) is 65.2 Å². The van der Waals surface area contributed by atoms with Gasteiger partial charge in [0.15, 0.2) is 5.96 Å². The van der Waals surface area contributed by atoms with E-state index < -0.39 is 6.36 Å². The molecule has 0 bridgehead atoms. The number of benzene rings is 2. The number of carbonyl (C=O) groups excluding carboxylic acids is 1. The molecule has 2 rings (SSSR count). The van der Waals surface area contributed by atoms with Crippen LogP contribution < -0.4 is 20.7 Å². The Morgan fingerprint density at radius 2 is 1.76 bits per heavy atom. The first-order chi connectivity index (χ1) is 13.3. The number of alkyl halides is 3. The molecule has 0 aliphatic rings. The van der Waals surface area contributed by atoms with Crippen LogP contribution in [-0.2, 0) is 13.1 Å². The van der Waals surface area contributed by atoms with E-state index in [0.717, 1.165) is 5.56 Å². The molecule has 10 heteroatoms. The number of nitrogens with one attached hydrogen (secondary N) is 3. The predicted octanol–water partition coefficient (Wildman–Crippen LogP) is 3.43. The van der Waals surface area contributed by atoms with Crippen molar-refractivity contribution in [1.82, 2.24) is 16.0 Å². The third kappa shape index (κ3) is 8.18. The van der Waals surface area contributed by atoms with Gasteiger partial charge in [-0.1, -0.05) is 30.3 Å². The monoisotopic (exact) mass is 522 g/mol. The standard InChI is InChI=1S/C19H21F3N4O2.HI/c1-23-17(27)14-8-5-6-13(10-14)11-25-18(24-2)26-12-15-7-3-4-9-16(15)28-19(20,21)22;/h3-10H,11-12H2,1-2H3,(H,23,27)(H2,24,25,26);1H. The van der Waals surface area contributed by atoms with Gasteiger partial charge in [-0.25, -0.2) is 0 Å². The fraction of sp³-hybridized carbons (Fsp3) is 0.263. The van der Waals surface area contributed by atoms with Gasteiger partial charge in [0.05, 0.1) is 0 Å². The van der Waals surface area contributed by atoms with Gasteiger partial charge in [-0.05, 0) is 23.8 Å². The number of para-hydroxylation sites is 1. The number of hydrogen-bond donors (Lipinski definition) is 3. The Labute approximate surface area is 184 Å². The average molecular weight is 522 g/mol. The highest BCUT2D eigenvalue weighted by atomic mass is 127. The van der Waals surface area contributed by atoms with Gasteiger partial charge in [0.2, 0.25) is 0 Å². The molecule has 1 amide bonds. The van der Waals surface area contributed by atoms with Crippen molar-refractivity contribution < 1.29 is 22.7 Å². The topological polar surface area (TPSA) is 74.8 Å². The van der Waals surface area contributed by atoms with Crippen molar-refractivity contribution >= 4 is 35.8 Å². The molecular weight excluding hydrogens is 500 g/mol. The van der Waals surface area contributed by atoms with Crippen LogP contribution in [-0.4, -0.2) is 32.3 Å². The molecule has 0 aromatic heterocycles. The lowest BCUT2D eigenvalue weighted by Gasteiger charge is -2.16. The lowest BCUT2D eigenvalue weighted by Crippen LogP contribution is -2.36. The van der Waals surface area contributed by atoms with Crippen molar-refractivity contribution in [3.63, 3.8) is 0 Å². The van der Waals surface area contributed by atoms with Crippen LogP contribution in [0.2, 0.25) is 0 Å².